The normalized spacial score (nSPS) is 26.4. The first-order valence-electron chi connectivity index (χ1n) is 15.6. The second-order valence-corrected chi connectivity index (χ2v) is 12.9. The summed E-state index contributed by atoms with van der Waals surface area (Å²) >= 11 is 0. The van der Waals surface area contributed by atoms with E-state index in [9.17, 15) is 13.9 Å². The molecule has 45 heavy (non-hydrogen) atoms. The number of aromatic hydroxyl groups is 1. The zero-order chi connectivity index (χ0) is 30.9. The topological polar surface area (TPSA) is 86.6 Å². The minimum absolute atomic E-state index is 0.00597. The van der Waals surface area contributed by atoms with E-state index in [2.05, 4.69) is 31.0 Å². The van der Waals surface area contributed by atoms with E-state index >= 15 is 4.39 Å². The molecule has 6 heterocycles. The van der Waals surface area contributed by atoms with Crippen molar-refractivity contribution in [2.75, 3.05) is 44.2 Å². The lowest BCUT2D eigenvalue weighted by Gasteiger charge is -2.31. The highest BCUT2D eigenvalue weighted by atomic mass is 19.1. The summed E-state index contributed by atoms with van der Waals surface area (Å²) in [6, 6.07) is 5.79. The molecule has 8 nitrogen and oxygen atoms in total. The van der Waals surface area contributed by atoms with E-state index in [0.717, 1.165) is 45.3 Å². The molecule has 2 aromatic heterocycles. The third kappa shape index (κ3) is 4.65. The van der Waals surface area contributed by atoms with Gasteiger partial charge in [0.15, 0.2) is 5.82 Å². The number of aromatic nitrogens is 3. The van der Waals surface area contributed by atoms with Gasteiger partial charge in [-0.3, -0.25) is 9.88 Å². The van der Waals surface area contributed by atoms with Gasteiger partial charge in [0, 0.05) is 49.2 Å². The average Bonchev–Trinajstić information content (AvgIpc) is 3.72. The number of hydrogen-bond acceptors (Lipinski definition) is 8. The van der Waals surface area contributed by atoms with Crippen molar-refractivity contribution in [1.82, 2.24) is 25.2 Å². The predicted octanol–water partition coefficient (Wildman–Crippen LogP) is 4.95. The van der Waals surface area contributed by atoms with Crippen LogP contribution in [0.15, 0.2) is 30.5 Å². The second kappa shape index (κ2) is 10.7. The van der Waals surface area contributed by atoms with Crippen molar-refractivity contribution in [3.05, 3.63) is 47.7 Å². The summed E-state index contributed by atoms with van der Waals surface area (Å²) in [6.45, 7) is 3.81. The van der Waals surface area contributed by atoms with Crippen LogP contribution in [0.4, 0.5) is 19.0 Å². The maximum atomic E-state index is 16.8. The Bertz CT molecular complexity index is 1870. The Morgan fingerprint density at radius 3 is 2.89 bits per heavy atom. The quantitative estimate of drug-likeness (QED) is 0.306. The second-order valence-electron chi connectivity index (χ2n) is 12.9. The maximum Gasteiger partial charge on any atom is 0.319 e. The first-order chi connectivity index (χ1) is 21.8. The Hall–Kier alpha value is -4.14. The van der Waals surface area contributed by atoms with Gasteiger partial charge < -0.3 is 20.1 Å². The molecular weight excluding hydrogens is 581 g/mol. The number of phenols is 1. The van der Waals surface area contributed by atoms with Crippen LogP contribution in [-0.4, -0.2) is 82.0 Å². The van der Waals surface area contributed by atoms with Gasteiger partial charge in [-0.2, -0.15) is 9.97 Å². The molecule has 232 valence electrons. The van der Waals surface area contributed by atoms with Crippen molar-refractivity contribution >= 4 is 27.5 Å². The highest BCUT2D eigenvalue weighted by Gasteiger charge is 2.49. The van der Waals surface area contributed by atoms with Crippen molar-refractivity contribution in [2.45, 2.75) is 49.9 Å². The fraction of sp³-hybridized carbons (Fsp3) is 0.441. The molecule has 2 aromatic carbocycles. The SMILES string of the molecule is C#Cc1c(F)ccc2cc(O)cc(-c3ncc4c(N5C[C@H]6CCCN[C@H]6C5)nc(OC[C@@]56CCCN5C[C@H](F)C6)nc4c3F)c12. The number of fused-ring (bicyclic) bond motifs is 4. The molecule has 0 bridgehead atoms. The first kappa shape index (κ1) is 28.3. The number of benzene rings is 2. The van der Waals surface area contributed by atoms with Gasteiger partial charge in [0.2, 0.25) is 0 Å². The van der Waals surface area contributed by atoms with Gasteiger partial charge in [0.1, 0.15) is 41.4 Å². The number of halogens is 3. The molecule has 4 fully saturated rings. The minimum Gasteiger partial charge on any atom is -0.508 e. The molecule has 2 N–H and O–H groups in total. The highest BCUT2D eigenvalue weighted by Crippen LogP contribution is 2.42. The lowest BCUT2D eigenvalue weighted by Crippen LogP contribution is -2.43. The smallest absolute Gasteiger partial charge is 0.319 e. The molecule has 0 spiro atoms. The number of alkyl halides is 1. The van der Waals surface area contributed by atoms with Gasteiger partial charge >= 0.3 is 6.01 Å². The standard InChI is InChI=1S/C34H33F3N6O2/c1-2-23-26(36)7-6-19-11-22(44)12-24(28(19)23)30-29(37)31-25(14-39-30)32(42-15-20-5-3-9-38-27(20)17-42)41-33(40-31)45-18-34-8-4-10-43(34)16-21(35)13-34/h1,6-7,11-12,14,20-21,27,38,44H,3-5,8-10,13,15-18H2/t20-,21-,27+,34+/m1/s1. The van der Waals surface area contributed by atoms with Crippen molar-refractivity contribution in [3.8, 4) is 35.4 Å². The van der Waals surface area contributed by atoms with Crippen LogP contribution in [0.2, 0.25) is 0 Å². The van der Waals surface area contributed by atoms with E-state index in [4.69, 9.17) is 16.1 Å². The fourth-order valence-electron chi connectivity index (χ4n) is 8.14. The Kier molecular flexibility index (Phi) is 6.76. The van der Waals surface area contributed by atoms with Gasteiger partial charge in [-0.15, -0.1) is 6.42 Å². The van der Waals surface area contributed by atoms with Gasteiger partial charge in [-0.25, -0.2) is 13.2 Å². The highest BCUT2D eigenvalue weighted by molar-refractivity contribution is 6.03. The zero-order valence-corrected chi connectivity index (χ0v) is 24.7. The van der Waals surface area contributed by atoms with Crippen LogP contribution < -0.4 is 15.0 Å². The molecule has 4 saturated heterocycles. The van der Waals surface area contributed by atoms with Gasteiger partial charge in [-0.05, 0) is 68.3 Å². The Morgan fingerprint density at radius 1 is 1.16 bits per heavy atom. The summed E-state index contributed by atoms with van der Waals surface area (Å²) in [5, 5.41) is 15.3. The number of ether oxygens (including phenoxy) is 1. The number of piperidine rings is 1. The van der Waals surface area contributed by atoms with Gasteiger partial charge in [0.25, 0.3) is 0 Å². The molecule has 4 aromatic rings. The monoisotopic (exact) mass is 614 g/mol. The van der Waals surface area contributed by atoms with E-state index in [0.29, 0.717) is 48.1 Å². The number of anilines is 1. The molecular formula is C34H33F3N6O2. The maximum absolute atomic E-state index is 16.8. The summed E-state index contributed by atoms with van der Waals surface area (Å²) in [4.78, 5) is 18.1. The summed E-state index contributed by atoms with van der Waals surface area (Å²) in [5.41, 5.74) is -0.464. The summed E-state index contributed by atoms with van der Waals surface area (Å²) in [5.74, 6) is 1.79. The third-order valence-electron chi connectivity index (χ3n) is 10.2. The van der Waals surface area contributed by atoms with Crippen LogP contribution in [-0.2, 0) is 0 Å². The molecule has 4 aliphatic heterocycles. The molecule has 4 atom stereocenters. The number of phenolic OH excluding ortho intramolecular Hbond substituents is 1. The molecule has 11 heteroatoms. The molecule has 0 aliphatic carbocycles. The zero-order valence-electron chi connectivity index (χ0n) is 24.7. The Labute approximate surface area is 258 Å². The van der Waals surface area contributed by atoms with E-state index in [1.165, 1.54) is 30.5 Å². The van der Waals surface area contributed by atoms with Crippen molar-refractivity contribution in [3.63, 3.8) is 0 Å². The van der Waals surface area contributed by atoms with Crippen LogP contribution in [0.3, 0.4) is 0 Å². The van der Waals surface area contributed by atoms with Crippen LogP contribution in [0, 0.1) is 29.9 Å². The third-order valence-corrected chi connectivity index (χ3v) is 10.2. The molecule has 4 aliphatic rings. The minimum atomic E-state index is -0.914. The fourth-order valence-corrected chi connectivity index (χ4v) is 8.14. The summed E-state index contributed by atoms with van der Waals surface area (Å²) < 4.78 is 52.3. The average molecular weight is 615 g/mol. The van der Waals surface area contributed by atoms with Crippen LogP contribution in [0.5, 0.6) is 11.8 Å². The predicted molar refractivity (Wildman–Crippen MR) is 165 cm³/mol. The first-order valence-corrected chi connectivity index (χ1v) is 15.6. The van der Waals surface area contributed by atoms with Crippen LogP contribution >= 0.6 is 0 Å². The van der Waals surface area contributed by atoms with E-state index < -0.39 is 23.3 Å². The number of hydrogen-bond donors (Lipinski definition) is 2. The van der Waals surface area contributed by atoms with Gasteiger partial charge in [-0.1, -0.05) is 12.0 Å². The lowest BCUT2D eigenvalue weighted by molar-refractivity contribution is 0.107. The van der Waals surface area contributed by atoms with Crippen LogP contribution in [0.25, 0.3) is 32.9 Å². The van der Waals surface area contributed by atoms with E-state index in [1.54, 1.807) is 0 Å². The number of terminal acetylenes is 1. The van der Waals surface area contributed by atoms with Crippen molar-refractivity contribution < 1.29 is 23.0 Å². The number of rotatable bonds is 5. The molecule has 8 rings (SSSR count). The number of pyridine rings is 1. The Balaban J connectivity index is 1.27. The van der Waals surface area contributed by atoms with E-state index in [1.807, 2.05) is 0 Å². The molecule has 0 amide bonds. The summed E-state index contributed by atoms with van der Waals surface area (Å²) in [7, 11) is 0. The number of nitrogens with zero attached hydrogens (tertiary/aromatic N) is 5. The molecule has 0 unspecified atom stereocenters. The number of nitrogens with one attached hydrogen (secondary N) is 1. The van der Waals surface area contributed by atoms with Crippen molar-refractivity contribution in [2.24, 2.45) is 5.92 Å². The lowest BCUT2D eigenvalue weighted by atomic mass is 9.94. The Morgan fingerprint density at radius 2 is 2.04 bits per heavy atom. The van der Waals surface area contributed by atoms with Gasteiger partial charge in [0.05, 0.1) is 16.5 Å². The largest absolute Gasteiger partial charge is 0.508 e. The van der Waals surface area contributed by atoms with E-state index in [-0.39, 0.29) is 46.1 Å². The molecule has 0 saturated carbocycles. The van der Waals surface area contributed by atoms with Crippen molar-refractivity contribution in [1.29, 1.82) is 0 Å². The van der Waals surface area contributed by atoms with Crippen LogP contribution in [0.1, 0.15) is 37.7 Å². The molecule has 0 radical (unpaired) electrons. The summed E-state index contributed by atoms with van der Waals surface area (Å²) in [6.07, 6.45) is 10.6.